The van der Waals surface area contributed by atoms with Crippen LogP contribution in [0.5, 0.6) is 5.75 Å². The monoisotopic (exact) mass is 368 g/mol. The normalized spacial score (nSPS) is 11.5. The number of halogens is 2. The van der Waals surface area contributed by atoms with Crippen molar-refractivity contribution in [1.29, 1.82) is 0 Å². The van der Waals surface area contributed by atoms with Crippen LogP contribution < -0.4 is 10.1 Å². The van der Waals surface area contributed by atoms with Gasteiger partial charge in [-0.3, -0.25) is 4.79 Å². The van der Waals surface area contributed by atoms with Gasteiger partial charge in [-0.15, -0.1) is 0 Å². The molecule has 0 bridgehead atoms. The third kappa shape index (κ3) is 4.37. The van der Waals surface area contributed by atoms with E-state index in [0.29, 0.717) is 11.4 Å². The summed E-state index contributed by atoms with van der Waals surface area (Å²) in [6, 6.07) is 9.74. The molecule has 0 spiro atoms. The lowest BCUT2D eigenvalue weighted by Crippen LogP contribution is -2.30. The zero-order valence-electron chi connectivity index (χ0n) is 12.9. The van der Waals surface area contributed by atoms with E-state index >= 15 is 0 Å². The first-order valence-electron chi connectivity index (χ1n) is 6.89. The van der Waals surface area contributed by atoms with Crippen molar-refractivity contribution in [2.24, 2.45) is 0 Å². The Kier molecular flexibility index (Phi) is 6.00. The lowest BCUT2D eigenvalue weighted by atomic mass is 10.2. The van der Waals surface area contributed by atoms with Crippen LogP contribution in [0.15, 0.2) is 36.4 Å². The maximum absolute atomic E-state index is 12.2. The first kappa shape index (κ1) is 18.0. The largest absolute Gasteiger partial charge is 0.495 e. The Morgan fingerprint density at radius 1 is 1.17 bits per heavy atom. The molecule has 0 saturated carbocycles. The maximum atomic E-state index is 12.2. The average Bonchev–Trinajstić information content (AvgIpc) is 2.57. The Hall–Kier alpha value is -2.31. The van der Waals surface area contributed by atoms with Gasteiger partial charge in [0.25, 0.3) is 5.91 Å². The highest BCUT2D eigenvalue weighted by molar-refractivity contribution is 6.34. The lowest BCUT2D eigenvalue weighted by molar-refractivity contribution is -0.123. The summed E-state index contributed by atoms with van der Waals surface area (Å²) in [6.07, 6.45) is -1.07. The van der Waals surface area contributed by atoms with Gasteiger partial charge in [0.1, 0.15) is 10.9 Å². The summed E-state index contributed by atoms with van der Waals surface area (Å²) in [6.45, 7) is 1.43. The third-order valence-electron chi connectivity index (χ3n) is 3.02. The van der Waals surface area contributed by atoms with Crippen LogP contribution in [0.3, 0.4) is 0 Å². The van der Waals surface area contributed by atoms with Crippen molar-refractivity contribution in [1.82, 2.24) is 4.98 Å². The van der Waals surface area contributed by atoms with Gasteiger partial charge in [-0.2, -0.15) is 0 Å². The molecule has 0 saturated heterocycles. The Bertz CT molecular complexity index is 767. The Morgan fingerprint density at radius 2 is 1.88 bits per heavy atom. The van der Waals surface area contributed by atoms with Crippen LogP contribution in [0.25, 0.3) is 0 Å². The number of carbonyl (C=O) groups excluding carboxylic acids is 2. The fourth-order valence-electron chi connectivity index (χ4n) is 1.81. The molecule has 8 heteroatoms. The molecule has 0 aliphatic carbocycles. The minimum atomic E-state index is -1.07. The Labute approximate surface area is 148 Å². The number of rotatable bonds is 5. The Morgan fingerprint density at radius 3 is 2.58 bits per heavy atom. The van der Waals surface area contributed by atoms with E-state index in [1.165, 1.54) is 26.2 Å². The molecule has 1 heterocycles. The summed E-state index contributed by atoms with van der Waals surface area (Å²) in [5.74, 6) is -0.875. The van der Waals surface area contributed by atoms with E-state index in [0.717, 1.165) is 0 Å². The molecule has 126 valence electrons. The van der Waals surface area contributed by atoms with E-state index in [1.807, 2.05) is 0 Å². The van der Waals surface area contributed by atoms with Gasteiger partial charge < -0.3 is 14.8 Å². The van der Waals surface area contributed by atoms with Crippen LogP contribution in [-0.2, 0) is 9.53 Å². The van der Waals surface area contributed by atoms with Crippen LogP contribution in [-0.4, -0.2) is 30.1 Å². The number of aromatic nitrogens is 1. The van der Waals surface area contributed by atoms with Crippen molar-refractivity contribution in [3.05, 3.63) is 52.3 Å². The number of para-hydroxylation sites is 2. The van der Waals surface area contributed by atoms with Crippen molar-refractivity contribution in [3.63, 3.8) is 0 Å². The van der Waals surface area contributed by atoms with E-state index in [4.69, 9.17) is 32.7 Å². The maximum Gasteiger partial charge on any atom is 0.359 e. The molecule has 1 amide bonds. The van der Waals surface area contributed by atoms with Gasteiger partial charge in [0.15, 0.2) is 11.8 Å². The molecule has 0 radical (unpaired) electrons. The molecule has 2 aromatic rings. The predicted octanol–water partition coefficient (Wildman–Crippen LogP) is 3.58. The second kappa shape index (κ2) is 7.99. The summed E-state index contributed by atoms with van der Waals surface area (Å²) in [7, 11) is 1.49. The number of ether oxygens (including phenoxy) is 2. The van der Waals surface area contributed by atoms with Crippen molar-refractivity contribution in [3.8, 4) is 5.75 Å². The molecule has 24 heavy (non-hydrogen) atoms. The zero-order valence-corrected chi connectivity index (χ0v) is 14.4. The summed E-state index contributed by atoms with van der Waals surface area (Å²) >= 11 is 11.6. The first-order chi connectivity index (χ1) is 11.4. The Balaban J connectivity index is 2.06. The number of hydrogen-bond donors (Lipinski definition) is 1. The van der Waals surface area contributed by atoms with Crippen LogP contribution >= 0.6 is 23.2 Å². The smallest absolute Gasteiger partial charge is 0.359 e. The molecule has 1 N–H and O–H groups in total. The number of anilines is 1. The summed E-state index contributed by atoms with van der Waals surface area (Å²) in [4.78, 5) is 28.1. The molecule has 2 rings (SSSR count). The fraction of sp³-hybridized carbons (Fsp3) is 0.188. The second-order valence-electron chi connectivity index (χ2n) is 4.70. The zero-order chi connectivity index (χ0) is 17.7. The second-order valence-corrected chi connectivity index (χ2v) is 5.50. The van der Waals surface area contributed by atoms with Gasteiger partial charge in [-0.25, -0.2) is 9.78 Å². The number of methoxy groups -OCH3 is 1. The molecule has 1 atom stereocenters. The highest BCUT2D eigenvalue weighted by Gasteiger charge is 2.22. The standard InChI is InChI=1S/C16H14Cl2N2O4/c1-9(15(21)19-11-5-3-4-6-12(11)23-2)24-16(22)14-10(17)7-8-13(18)20-14/h3-9H,1-2H3,(H,19,21). The number of benzene rings is 1. The van der Waals surface area contributed by atoms with Gasteiger partial charge in [-0.05, 0) is 31.2 Å². The van der Waals surface area contributed by atoms with Crippen LogP contribution in [0, 0.1) is 0 Å². The van der Waals surface area contributed by atoms with Gasteiger partial charge in [0.2, 0.25) is 0 Å². The topological polar surface area (TPSA) is 77.5 Å². The van der Waals surface area contributed by atoms with Crippen molar-refractivity contribution in [2.45, 2.75) is 13.0 Å². The highest BCUT2D eigenvalue weighted by Crippen LogP contribution is 2.23. The number of pyridine rings is 1. The molecule has 1 unspecified atom stereocenters. The SMILES string of the molecule is COc1ccccc1NC(=O)C(C)OC(=O)c1nc(Cl)ccc1Cl. The highest BCUT2D eigenvalue weighted by atomic mass is 35.5. The number of amides is 1. The number of hydrogen-bond acceptors (Lipinski definition) is 5. The van der Waals surface area contributed by atoms with Crippen LogP contribution in [0.1, 0.15) is 17.4 Å². The lowest BCUT2D eigenvalue weighted by Gasteiger charge is -2.15. The number of esters is 1. The summed E-state index contributed by atoms with van der Waals surface area (Å²) in [5.41, 5.74) is 0.313. The molecule has 0 aliphatic heterocycles. The number of nitrogens with one attached hydrogen (secondary N) is 1. The van der Waals surface area contributed by atoms with Gasteiger partial charge in [-0.1, -0.05) is 35.3 Å². The van der Waals surface area contributed by atoms with Crippen LogP contribution in [0.4, 0.5) is 5.69 Å². The van der Waals surface area contributed by atoms with E-state index in [-0.39, 0.29) is 15.9 Å². The van der Waals surface area contributed by atoms with Gasteiger partial charge in [0, 0.05) is 0 Å². The number of nitrogens with zero attached hydrogens (tertiary/aromatic N) is 1. The van der Waals surface area contributed by atoms with Gasteiger partial charge in [0.05, 0.1) is 17.8 Å². The minimum absolute atomic E-state index is 0.0849. The molecule has 6 nitrogen and oxygen atoms in total. The predicted molar refractivity (Wildman–Crippen MR) is 90.8 cm³/mol. The van der Waals surface area contributed by atoms with E-state index < -0.39 is 18.0 Å². The van der Waals surface area contributed by atoms with Gasteiger partial charge >= 0.3 is 5.97 Å². The van der Waals surface area contributed by atoms with Crippen molar-refractivity contribution >= 4 is 40.8 Å². The van der Waals surface area contributed by atoms with E-state index in [2.05, 4.69) is 10.3 Å². The molecular formula is C16H14Cl2N2O4. The van der Waals surface area contributed by atoms with Crippen LogP contribution in [0.2, 0.25) is 10.2 Å². The summed E-state index contributed by atoms with van der Waals surface area (Å²) < 4.78 is 10.2. The fourth-order valence-corrected chi connectivity index (χ4v) is 2.14. The minimum Gasteiger partial charge on any atom is -0.495 e. The van der Waals surface area contributed by atoms with E-state index in [1.54, 1.807) is 24.3 Å². The third-order valence-corrected chi connectivity index (χ3v) is 3.54. The molecule has 0 aliphatic rings. The van der Waals surface area contributed by atoms with Crippen molar-refractivity contribution in [2.75, 3.05) is 12.4 Å². The molecule has 1 aromatic carbocycles. The summed E-state index contributed by atoms with van der Waals surface area (Å²) in [5, 5.41) is 2.80. The number of carbonyl (C=O) groups is 2. The molecule has 0 fully saturated rings. The first-order valence-corrected chi connectivity index (χ1v) is 7.65. The average molecular weight is 369 g/mol. The molecular weight excluding hydrogens is 355 g/mol. The molecule has 1 aromatic heterocycles. The van der Waals surface area contributed by atoms with E-state index in [9.17, 15) is 9.59 Å². The quantitative estimate of drug-likeness (QED) is 0.644. The van der Waals surface area contributed by atoms with Crippen molar-refractivity contribution < 1.29 is 19.1 Å².